The quantitative estimate of drug-likeness (QED) is 0.526. The number of halogens is 1. The summed E-state index contributed by atoms with van der Waals surface area (Å²) in [5.74, 6) is 0. The van der Waals surface area contributed by atoms with E-state index in [4.69, 9.17) is 11.6 Å². The summed E-state index contributed by atoms with van der Waals surface area (Å²) in [7, 11) is 0. The number of thioether (sulfide) groups is 1. The van der Waals surface area contributed by atoms with Crippen LogP contribution in [-0.2, 0) is 0 Å². The SMILES string of the molecule is CSc1cc(Cl)cnc1C=O. The lowest BCUT2D eigenvalue weighted by atomic mass is 10.4. The van der Waals surface area contributed by atoms with E-state index in [0.29, 0.717) is 10.7 Å². The van der Waals surface area contributed by atoms with E-state index in [9.17, 15) is 4.79 Å². The van der Waals surface area contributed by atoms with Gasteiger partial charge in [0.25, 0.3) is 0 Å². The normalized spacial score (nSPS) is 9.64. The maximum Gasteiger partial charge on any atom is 0.169 e. The fourth-order valence-corrected chi connectivity index (χ4v) is 1.46. The van der Waals surface area contributed by atoms with E-state index < -0.39 is 0 Å². The molecule has 11 heavy (non-hydrogen) atoms. The Kier molecular flexibility index (Phi) is 2.91. The Morgan fingerprint density at radius 1 is 1.73 bits per heavy atom. The molecule has 0 unspecified atom stereocenters. The van der Waals surface area contributed by atoms with Crippen LogP contribution in [-0.4, -0.2) is 17.5 Å². The van der Waals surface area contributed by atoms with Crippen molar-refractivity contribution in [1.29, 1.82) is 0 Å². The first kappa shape index (κ1) is 8.56. The maximum absolute atomic E-state index is 10.4. The van der Waals surface area contributed by atoms with Gasteiger partial charge in [-0.2, -0.15) is 0 Å². The second kappa shape index (κ2) is 3.74. The monoisotopic (exact) mass is 187 g/mol. The topological polar surface area (TPSA) is 30.0 Å². The number of hydrogen-bond acceptors (Lipinski definition) is 3. The summed E-state index contributed by atoms with van der Waals surface area (Å²) in [5.41, 5.74) is 0.446. The standard InChI is InChI=1S/C7H6ClNOS/c1-11-7-2-5(8)3-9-6(7)4-10/h2-4H,1H3. The molecule has 0 amide bonds. The van der Waals surface area contributed by atoms with Crippen molar-refractivity contribution < 1.29 is 4.79 Å². The number of carbonyl (C=O) groups excluding carboxylic acids is 1. The second-order valence-corrected chi connectivity index (χ2v) is 3.14. The van der Waals surface area contributed by atoms with Gasteiger partial charge in [0.2, 0.25) is 0 Å². The number of rotatable bonds is 2. The third-order valence-electron chi connectivity index (χ3n) is 1.18. The molecule has 0 N–H and O–H groups in total. The van der Waals surface area contributed by atoms with Crippen LogP contribution in [0.3, 0.4) is 0 Å². The van der Waals surface area contributed by atoms with Crippen LogP contribution in [0.4, 0.5) is 0 Å². The Hall–Kier alpha value is -0.540. The van der Waals surface area contributed by atoms with Crippen LogP contribution in [0.1, 0.15) is 10.5 Å². The first-order valence-electron chi connectivity index (χ1n) is 2.92. The third-order valence-corrected chi connectivity index (χ3v) is 2.15. The average Bonchev–Trinajstić information content (AvgIpc) is 2.04. The van der Waals surface area contributed by atoms with Crippen LogP contribution in [0.15, 0.2) is 17.2 Å². The van der Waals surface area contributed by atoms with Gasteiger partial charge in [0, 0.05) is 11.1 Å². The molecule has 0 fully saturated rings. The van der Waals surface area contributed by atoms with E-state index in [1.807, 2.05) is 6.26 Å². The molecular formula is C7H6ClNOS. The van der Waals surface area contributed by atoms with Crippen LogP contribution in [0.2, 0.25) is 5.02 Å². The lowest BCUT2D eigenvalue weighted by molar-refractivity contribution is 0.111. The van der Waals surface area contributed by atoms with Crippen molar-refractivity contribution in [2.45, 2.75) is 4.90 Å². The average molecular weight is 188 g/mol. The molecule has 0 saturated carbocycles. The first-order chi connectivity index (χ1) is 5.27. The number of pyridine rings is 1. The Labute approximate surface area is 74.0 Å². The first-order valence-corrected chi connectivity index (χ1v) is 4.53. The fourth-order valence-electron chi connectivity index (χ4n) is 0.683. The van der Waals surface area contributed by atoms with Gasteiger partial charge in [-0.05, 0) is 12.3 Å². The summed E-state index contributed by atoms with van der Waals surface area (Å²) in [4.78, 5) is 15.0. The summed E-state index contributed by atoms with van der Waals surface area (Å²) in [6, 6.07) is 1.73. The molecule has 0 saturated heterocycles. The predicted octanol–water partition coefficient (Wildman–Crippen LogP) is 2.27. The zero-order chi connectivity index (χ0) is 8.27. The van der Waals surface area contributed by atoms with Crippen molar-refractivity contribution >= 4 is 29.6 Å². The molecule has 0 spiro atoms. The molecule has 0 aliphatic rings. The highest BCUT2D eigenvalue weighted by atomic mass is 35.5. The van der Waals surface area contributed by atoms with Crippen LogP contribution in [0, 0.1) is 0 Å². The molecule has 0 aromatic carbocycles. The van der Waals surface area contributed by atoms with Crippen molar-refractivity contribution in [3.05, 3.63) is 23.0 Å². The molecule has 4 heteroatoms. The molecule has 0 aliphatic carbocycles. The highest BCUT2D eigenvalue weighted by Gasteiger charge is 2.01. The van der Waals surface area contributed by atoms with E-state index in [-0.39, 0.29) is 0 Å². The van der Waals surface area contributed by atoms with Gasteiger partial charge in [-0.15, -0.1) is 11.8 Å². The largest absolute Gasteiger partial charge is 0.296 e. The van der Waals surface area contributed by atoms with Gasteiger partial charge in [-0.25, -0.2) is 0 Å². The number of carbonyl (C=O) groups is 1. The Morgan fingerprint density at radius 2 is 2.45 bits per heavy atom. The molecule has 1 heterocycles. The van der Waals surface area contributed by atoms with Gasteiger partial charge >= 0.3 is 0 Å². The number of hydrogen-bond donors (Lipinski definition) is 0. The Morgan fingerprint density at radius 3 is 3.00 bits per heavy atom. The minimum absolute atomic E-state index is 0.446. The summed E-state index contributed by atoms with van der Waals surface area (Å²) in [6.45, 7) is 0. The van der Waals surface area contributed by atoms with Crippen molar-refractivity contribution in [2.75, 3.05) is 6.26 Å². The molecule has 0 aliphatic heterocycles. The predicted molar refractivity (Wildman–Crippen MR) is 46.4 cm³/mol. The molecule has 0 radical (unpaired) electrons. The van der Waals surface area contributed by atoms with Gasteiger partial charge in [-0.3, -0.25) is 9.78 Å². The van der Waals surface area contributed by atoms with Crippen molar-refractivity contribution in [2.24, 2.45) is 0 Å². The van der Waals surface area contributed by atoms with Crippen LogP contribution in [0.5, 0.6) is 0 Å². The van der Waals surface area contributed by atoms with Crippen molar-refractivity contribution in [1.82, 2.24) is 4.98 Å². The fraction of sp³-hybridized carbons (Fsp3) is 0.143. The number of nitrogens with zero attached hydrogens (tertiary/aromatic N) is 1. The van der Waals surface area contributed by atoms with E-state index in [2.05, 4.69) is 4.98 Å². The highest BCUT2D eigenvalue weighted by Crippen LogP contribution is 2.20. The van der Waals surface area contributed by atoms with Crippen LogP contribution < -0.4 is 0 Å². The van der Waals surface area contributed by atoms with E-state index in [1.165, 1.54) is 18.0 Å². The number of aromatic nitrogens is 1. The van der Waals surface area contributed by atoms with Crippen molar-refractivity contribution in [3.8, 4) is 0 Å². The lowest BCUT2D eigenvalue weighted by Gasteiger charge is -1.98. The third kappa shape index (κ3) is 1.94. The van der Waals surface area contributed by atoms with Gasteiger partial charge < -0.3 is 0 Å². The lowest BCUT2D eigenvalue weighted by Crippen LogP contribution is -1.88. The van der Waals surface area contributed by atoms with Crippen LogP contribution in [0.25, 0.3) is 0 Å². The molecule has 1 rings (SSSR count). The zero-order valence-electron chi connectivity index (χ0n) is 5.87. The van der Waals surface area contributed by atoms with E-state index in [1.54, 1.807) is 6.07 Å². The molecule has 1 aromatic heterocycles. The summed E-state index contributed by atoms with van der Waals surface area (Å²) in [5, 5.41) is 0.556. The molecular weight excluding hydrogens is 182 g/mol. The Balaban J connectivity index is 3.16. The summed E-state index contributed by atoms with van der Waals surface area (Å²) in [6.07, 6.45) is 4.06. The van der Waals surface area contributed by atoms with E-state index >= 15 is 0 Å². The minimum Gasteiger partial charge on any atom is -0.296 e. The van der Waals surface area contributed by atoms with E-state index in [0.717, 1.165) is 11.2 Å². The molecule has 0 atom stereocenters. The van der Waals surface area contributed by atoms with Crippen molar-refractivity contribution in [3.63, 3.8) is 0 Å². The van der Waals surface area contributed by atoms with Crippen LogP contribution >= 0.6 is 23.4 Å². The second-order valence-electron chi connectivity index (χ2n) is 1.86. The molecule has 1 aromatic rings. The van der Waals surface area contributed by atoms with Gasteiger partial charge in [0.15, 0.2) is 6.29 Å². The number of aldehydes is 1. The Bertz CT molecular complexity index is 277. The molecule has 0 bridgehead atoms. The smallest absolute Gasteiger partial charge is 0.169 e. The highest BCUT2D eigenvalue weighted by molar-refractivity contribution is 7.98. The van der Waals surface area contributed by atoms with Gasteiger partial charge in [0.1, 0.15) is 5.69 Å². The summed E-state index contributed by atoms with van der Waals surface area (Å²) >= 11 is 7.12. The zero-order valence-corrected chi connectivity index (χ0v) is 7.45. The van der Waals surface area contributed by atoms with Gasteiger partial charge in [-0.1, -0.05) is 11.6 Å². The van der Waals surface area contributed by atoms with Gasteiger partial charge in [0.05, 0.1) is 5.02 Å². The summed E-state index contributed by atoms with van der Waals surface area (Å²) < 4.78 is 0. The molecule has 2 nitrogen and oxygen atoms in total. The molecule has 58 valence electrons. The maximum atomic E-state index is 10.4. The minimum atomic E-state index is 0.446.